The van der Waals surface area contributed by atoms with E-state index in [9.17, 15) is 9.59 Å². The summed E-state index contributed by atoms with van der Waals surface area (Å²) in [5.74, 6) is 1.81. The summed E-state index contributed by atoms with van der Waals surface area (Å²) in [5.41, 5.74) is 1.10. The Morgan fingerprint density at radius 2 is 1.52 bits per heavy atom. The Hall–Kier alpha value is -1.68. The second-order valence-electron chi connectivity index (χ2n) is 7.44. The normalized spacial score (nSPS) is 47.4. The third-order valence-corrected chi connectivity index (χ3v) is 7.13. The van der Waals surface area contributed by atoms with Gasteiger partial charge in [0.2, 0.25) is 0 Å². The van der Waals surface area contributed by atoms with Gasteiger partial charge in [-0.15, -0.1) is 5.06 Å². The molecule has 4 saturated carbocycles. The van der Waals surface area contributed by atoms with Gasteiger partial charge in [-0.05, 0) is 55.6 Å². The van der Waals surface area contributed by atoms with E-state index in [2.05, 4.69) is 0 Å². The van der Waals surface area contributed by atoms with E-state index in [1.807, 2.05) is 0 Å². The summed E-state index contributed by atoms with van der Waals surface area (Å²) in [6.45, 7) is 0. The first-order valence-corrected chi connectivity index (χ1v) is 7.84. The topological polar surface area (TPSA) is 46.6 Å². The van der Waals surface area contributed by atoms with E-state index >= 15 is 0 Å². The Morgan fingerprint density at radius 1 is 0.952 bits per heavy atom. The highest BCUT2D eigenvalue weighted by Gasteiger charge is 2.89. The highest BCUT2D eigenvalue weighted by Crippen LogP contribution is 2.90. The highest BCUT2D eigenvalue weighted by atomic mass is 16.7. The highest BCUT2D eigenvalue weighted by molar-refractivity contribution is 6.20. The standard InChI is InChI=1S/C17H15NO3/c19-14-12-3-1-2-4-13(12)15(20)18(14)21-16-7-10-5-9-6-11(8-16)17(9,10)16/h1-4,9-11H,5-8H2. The first kappa shape index (κ1) is 11.0. The summed E-state index contributed by atoms with van der Waals surface area (Å²) in [6.07, 6.45) is 4.74. The molecule has 0 aromatic heterocycles. The van der Waals surface area contributed by atoms with Crippen LogP contribution in [0.15, 0.2) is 24.3 Å². The zero-order valence-electron chi connectivity index (χ0n) is 11.5. The van der Waals surface area contributed by atoms with Crippen molar-refractivity contribution < 1.29 is 14.4 Å². The van der Waals surface area contributed by atoms with Crippen LogP contribution in [-0.4, -0.2) is 22.5 Å². The number of hydroxylamine groups is 2. The van der Waals surface area contributed by atoms with Crippen LogP contribution in [0.25, 0.3) is 0 Å². The summed E-state index contributed by atoms with van der Waals surface area (Å²) in [6, 6.07) is 6.99. The van der Waals surface area contributed by atoms with E-state index in [-0.39, 0.29) is 17.4 Å². The van der Waals surface area contributed by atoms with E-state index in [1.165, 1.54) is 12.8 Å². The Kier molecular flexibility index (Phi) is 1.53. The molecule has 6 rings (SSSR count). The van der Waals surface area contributed by atoms with Crippen molar-refractivity contribution in [2.24, 2.45) is 23.2 Å². The second kappa shape index (κ2) is 2.93. The number of hydrogen-bond acceptors (Lipinski definition) is 3. The van der Waals surface area contributed by atoms with Crippen LogP contribution in [0.2, 0.25) is 0 Å². The van der Waals surface area contributed by atoms with Crippen molar-refractivity contribution in [3.8, 4) is 0 Å². The molecule has 4 fully saturated rings. The average Bonchev–Trinajstić information content (AvgIpc) is 2.64. The van der Waals surface area contributed by atoms with Crippen molar-refractivity contribution in [2.45, 2.75) is 31.3 Å². The monoisotopic (exact) mass is 281 g/mol. The molecule has 2 atom stereocenters. The summed E-state index contributed by atoms with van der Waals surface area (Å²) < 4.78 is 0. The maximum Gasteiger partial charge on any atom is 0.285 e. The Bertz CT molecular complexity index is 679. The van der Waals surface area contributed by atoms with Gasteiger partial charge in [0.05, 0.1) is 11.1 Å². The van der Waals surface area contributed by atoms with Gasteiger partial charge in [0.25, 0.3) is 11.8 Å². The number of imide groups is 1. The molecule has 0 bridgehead atoms. The van der Waals surface area contributed by atoms with Crippen LogP contribution in [0.1, 0.15) is 46.4 Å². The summed E-state index contributed by atoms with van der Waals surface area (Å²) in [4.78, 5) is 31.0. The minimum absolute atomic E-state index is 0.198. The molecule has 2 unspecified atom stereocenters. The van der Waals surface area contributed by atoms with Gasteiger partial charge in [0, 0.05) is 5.41 Å². The molecule has 2 amide bonds. The number of fused-ring (bicyclic) bond motifs is 1. The van der Waals surface area contributed by atoms with Crippen LogP contribution < -0.4 is 0 Å². The van der Waals surface area contributed by atoms with Crippen LogP contribution in [-0.2, 0) is 4.84 Å². The van der Waals surface area contributed by atoms with Crippen LogP contribution in [0, 0.1) is 23.2 Å². The van der Waals surface area contributed by atoms with Crippen LogP contribution in [0.4, 0.5) is 0 Å². The van der Waals surface area contributed by atoms with Crippen molar-refractivity contribution in [3.05, 3.63) is 35.4 Å². The van der Waals surface area contributed by atoms with Gasteiger partial charge in [-0.1, -0.05) is 12.1 Å². The average molecular weight is 281 g/mol. The van der Waals surface area contributed by atoms with Crippen molar-refractivity contribution in [3.63, 3.8) is 0 Å². The Labute approximate surface area is 122 Å². The third-order valence-electron chi connectivity index (χ3n) is 7.13. The van der Waals surface area contributed by atoms with Gasteiger partial charge in [0.15, 0.2) is 0 Å². The molecular formula is C17H15NO3. The molecule has 1 spiro atoms. The molecule has 4 aliphatic carbocycles. The zero-order chi connectivity index (χ0) is 14.0. The van der Waals surface area contributed by atoms with Gasteiger partial charge in [-0.25, -0.2) is 0 Å². The van der Waals surface area contributed by atoms with Crippen molar-refractivity contribution in [2.75, 3.05) is 0 Å². The zero-order valence-corrected chi connectivity index (χ0v) is 11.5. The van der Waals surface area contributed by atoms with E-state index in [4.69, 9.17) is 4.84 Å². The fourth-order valence-electron chi connectivity index (χ4n) is 6.41. The lowest BCUT2D eigenvalue weighted by molar-refractivity contribution is -0.483. The van der Waals surface area contributed by atoms with Crippen molar-refractivity contribution >= 4 is 11.8 Å². The molecule has 0 radical (unpaired) electrons. The SMILES string of the molecule is O=C1c2ccccc2C(=O)N1OC12CC3CC4CC(C1)C432. The fourth-order valence-corrected chi connectivity index (χ4v) is 6.41. The van der Waals surface area contributed by atoms with Gasteiger partial charge >= 0.3 is 0 Å². The quantitative estimate of drug-likeness (QED) is 0.782. The molecule has 1 aromatic carbocycles. The fraction of sp³-hybridized carbons (Fsp3) is 0.529. The number of nitrogens with zero attached hydrogens (tertiary/aromatic N) is 1. The Morgan fingerprint density at radius 3 is 2.00 bits per heavy atom. The first-order chi connectivity index (χ1) is 10.2. The maximum atomic E-state index is 12.4. The number of rotatable bonds is 2. The first-order valence-electron chi connectivity index (χ1n) is 7.84. The minimum Gasteiger partial charge on any atom is -0.266 e. The third kappa shape index (κ3) is 0.860. The molecule has 4 heteroatoms. The van der Waals surface area contributed by atoms with Crippen molar-refractivity contribution in [1.82, 2.24) is 5.06 Å². The summed E-state index contributed by atoms with van der Waals surface area (Å²) in [5, 5.41) is 1.06. The lowest BCUT2D eigenvalue weighted by Crippen LogP contribution is -2.90. The Balaban J connectivity index is 1.35. The predicted molar refractivity (Wildman–Crippen MR) is 72.1 cm³/mol. The molecule has 1 aromatic rings. The largest absolute Gasteiger partial charge is 0.285 e. The number of carbonyl (C=O) groups excluding carboxylic acids is 2. The lowest BCUT2D eigenvalue weighted by Gasteiger charge is -2.89. The predicted octanol–water partition coefficient (Wildman–Crippen LogP) is 2.40. The molecular weight excluding hydrogens is 266 g/mol. The van der Waals surface area contributed by atoms with Crippen molar-refractivity contribution in [1.29, 1.82) is 0 Å². The van der Waals surface area contributed by atoms with E-state index in [1.54, 1.807) is 24.3 Å². The maximum absolute atomic E-state index is 12.4. The molecule has 0 N–H and O–H groups in total. The van der Waals surface area contributed by atoms with Crippen LogP contribution in [0.5, 0.6) is 0 Å². The van der Waals surface area contributed by atoms with Gasteiger partial charge in [0.1, 0.15) is 5.60 Å². The van der Waals surface area contributed by atoms with Gasteiger partial charge in [-0.3, -0.25) is 14.4 Å². The molecule has 21 heavy (non-hydrogen) atoms. The van der Waals surface area contributed by atoms with Crippen LogP contribution in [0.3, 0.4) is 0 Å². The molecule has 5 aliphatic rings. The number of carbonyl (C=O) groups is 2. The van der Waals surface area contributed by atoms with E-state index in [0.29, 0.717) is 16.5 Å². The smallest absolute Gasteiger partial charge is 0.266 e. The molecule has 4 nitrogen and oxygen atoms in total. The van der Waals surface area contributed by atoms with E-state index in [0.717, 1.165) is 35.7 Å². The minimum atomic E-state index is -0.288. The molecule has 1 heterocycles. The summed E-state index contributed by atoms with van der Waals surface area (Å²) >= 11 is 0. The number of amides is 2. The van der Waals surface area contributed by atoms with Gasteiger partial charge in [-0.2, -0.15) is 0 Å². The van der Waals surface area contributed by atoms with Gasteiger partial charge < -0.3 is 0 Å². The molecule has 0 saturated heterocycles. The molecule has 1 aliphatic heterocycles. The second-order valence-corrected chi connectivity index (χ2v) is 7.44. The summed E-state index contributed by atoms with van der Waals surface area (Å²) in [7, 11) is 0. The number of hydrogen-bond donors (Lipinski definition) is 0. The number of benzene rings is 1. The lowest BCUT2D eigenvalue weighted by atomic mass is 9.16. The molecule has 106 valence electrons. The van der Waals surface area contributed by atoms with Crippen LogP contribution >= 0.6 is 0 Å². The van der Waals surface area contributed by atoms with E-state index < -0.39 is 0 Å².